The summed E-state index contributed by atoms with van der Waals surface area (Å²) in [6, 6.07) is 6.44. The summed E-state index contributed by atoms with van der Waals surface area (Å²) in [5.41, 5.74) is 5.85. The molecular formula is C19H29NO2. The molecular weight excluding hydrogens is 274 g/mol. The van der Waals surface area contributed by atoms with Crippen LogP contribution < -0.4 is 0 Å². The van der Waals surface area contributed by atoms with E-state index in [9.17, 15) is 0 Å². The van der Waals surface area contributed by atoms with Gasteiger partial charge in [-0.1, -0.05) is 24.7 Å². The van der Waals surface area contributed by atoms with Crippen molar-refractivity contribution in [2.75, 3.05) is 13.7 Å². The van der Waals surface area contributed by atoms with Gasteiger partial charge in [0.15, 0.2) is 0 Å². The summed E-state index contributed by atoms with van der Waals surface area (Å²) in [4.78, 5) is 5.42. The SMILES string of the molecule is C.CO/C=C(\C)Cc1cc(C(C)=NOCC2CC2)ccc1C. The Labute approximate surface area is 135 Å². The molecule has 0 aliphatic heterocycles. The van der Waals surface area contributed by atoms with Crippen LogP contribution in [0.3, 0.4) is 0 Å². The van der Waals surface area contributed by atoms with Crippen LogP contribution in [0.25, 0.3) is 0 Å². The minimum atomic E-state index is 0. The van der Waals surface area contributed by atoms with Gasteiger partial charge < -0.3 is 9.57 Å². The molecule has 3 heteroatoms. The summed E-state index contributed by atoms with van der Waals surface area (Å²) in [5, 5.41) is 4.24. The lowest BCUT2D eigenvalue weighted by molar-refractivity contribution is 0.134. The molecule has 0 saturated heterocycles. The van der Waals surface area contributed by atoms with E-state index in [0.717, 1.165) is 30.2 Å². The Hall–Kier alpha value is -1.77. The average Bonchev–Trinajstić information content (AvgIpc) is 3.25. The number of benzene rings is 1. The fourth-order valence-electron chi connectivity index (χ4n) is 2.21. The van der Waals surface area contributed by atoms with E-state index in [4.69, 9.17) is 9.57 Å². The second-order valence-electron chi connectivity index (χ2n) is 5.93. The number of nitrogens with zero attached hydrogens (tertiary/aromatic N) is 1. The molecule has 3 nitrogen and oxygen atoms in total. The maximum Gasteiger partial charge on any atom is 0.120 e. The summed E-state index contributed by atoms with van der Waals surface area (Å²) in [7, 11) is 1.68. The van der Waals surface area contributed by atoms with E-state index in [0.29, 0.717) is 0 Å². The minimum absolute atomic E-state index is 0. The fraction of sp³-hybridized carbons (Fsp3) is 0.526. The van der Waals surface area contributed by atoms with Crippen LogP contribution in [0, 0.1) is 12.8 Å². The Morgan fingerprint density at radius 2 is 2.05 bits per heavy atom. The van der Waals surface area contributed by atoms with Crippen molar-refractivity contribution >= 4 is 5.71 Å². The molecule has 0 heterocycles. The highest BCUT2D eigenvalue weighted by Gasteiger charge is 2.21. The monoisotopic (exact) mass is 303 g/mol. The first-order valence-electron chi connectivity index (χ1n) is 7.55. The maximum atomic E-state index is 5.42. The van der Waals surface area contributed by atoms with Gasteiger partial charge in [0.2, 0.25) is 0 Å². The van der Waals surface area contributed by atoms with Crippen LogP contribution >= 0.6 is 0 Å². The Kier molecular flexibility index (Phi) is 7.16. The predicted octanol–water partition coefficient (Wildman–Crippen LogP) is 4.87. The van der Waals surface area contributed by atoms with Gasteiger partial charge in [0, 0.05) is 0 Å². The Morgan fingerprint density at radius 1 is 1.32 bits per heavy atom. The zero-order valence-electron chi connectivity index (χ0n) is 13.5. The molecule has 1 aliphatic carbocycles. The molecule has 1 aromatic rings. The third-order valence-corrected chi connectivity index (χ3v) is 3.76. The van der Waals surface area contributed by atoms with E-state index >= 15 is 0 Å². The van der Waals surface area contributed by atoms with Crippen LogP contribution in [0.2, 0.25) is 0 Å². The normalized spacial score (nSPS) is 15.3. The molecule has 0 N–H and O–H groups in total. The first-order valence-corrected chi connectivity index (χ1v) is 7.55. The molecule has 0 bridgehead atoms. The first kappa shape index (κ1) is 18.3. The number of rotatable bonds is 7. The van der Waals surface area contributed by atoms with Crippen molar-refractivity contribution in [3.63, 3.8) is 0 Å². The van der Waals surface area contributed by atoms with Crippen LogP contribution in [0.1, 0.15) is 50.8 Å². The average molecular weight is 303 g/mol. The number of hydrogen-bond donors (Lipinski definition) is 0. The standard InChI is InChI=1S/C18H25NO2.CH4/c1-13(11-20-4)9-18-10-17(8-5-14(18)2)15(3)19-21-12-16-6-7-16;/h5,8,10-11,16H,6-7,9,12H2,1-4H3;1H4/b13-11+,19-15?;. The van der Waals surface area contributed by atoms with Crippen LogP contribution in [0.4, 0.5) is 0 Å². The second-order valence-corrected chi connectivity index (χ2v) is 5.93. The van der Waals surface area contributed by atoms with Gasteiger partial charge in [0.05, 0.1) is 19.1 Å². The third kappa shape index (κ3) is 5.55. The molecule has 0 atom stereocenters. The van der Waals surface area contributed by atoms with Gasteiger partial charge in [-0.15, -0.1) is 0 Å². The van der Waals surface area contributed by atoms with Crippen molar-refractivity contribution in [1.82, 2.24) is 0 Å². The maximum absolute atomic E-state index is 5.42. The lowest BCUT2D eigenvalue weighted by atomic mass is 9.98. The van der Waals surface area contributed by atoms with Crippen molar-refractivity contribution in [3.05, 3.63) is 46.7 Å². The minimum Gasteiger partial charge on any atom is -0.504 e. The molecule has 0 amide bonds. The zero-order chi connectivity index (χ0) is 15.2. The summed E-state index contributed by atoms with van der Waals surface area (Å²) >= 11 is 0. The van der Waals surface area contributed by atoms with Crippen molar-refractivity contribution in [3.8, 4) is 0 Å². The molecule has 22 heavy (non-hydrogen) atoms. The molecule has 0 spiro atoms. The zero-order valence-corrected chi connectivity index (χ0v) is 13.5. The molecule has 0 aromatic heterocycles. The van der Waals surface area contributed by atoms with E-state index in [1.165, 1.54) is 29.5 Å². The van der Waals surface area contributed by atoms with Crippen molar-refractivity contribution < 1.29 is 9.57 Å². The summed E-state index contributed by atoms with van der Waals surface area (Å²) < 4.78 is 5.07. The molecule has 1 aromatic carbocycles. The molecule has 1 fully saturated rings. The van der Waals surface area contributed by atoms with Gasteiger partial charge in [-0.3, -0.25) is 0 Å². The number of methoxy groups -OCH3 is 1. The number of ether oxygens (including phenoxy) is 1. The quantitative estimate of drug-likeness (QED) is 0.408. The van der Waals surface area contributed by atoms with E-state index < -0.39 is 0 Å². The molecule has 1 saturated carbocycles. The summed E-state index contributed by atoms with van der Waals surface area (Å²) in [6.07, 6.45) is 5.26. The molecule has 122 valence electrons. The van der Waals surface area contributed by atoms with E-state index in [-0.39, 0.29) is 7.43 Å². The van der Waals surface area contributed by atoms with Crippen molar-refractivity contribution in [2.45, 2.75) is 47.5 Å². The second kappa shape index (κ2) is 8.62. The largest absolute Gasteiger partial charge is 0.504 e. The number of aryl methyl sites for hydroxylation is 1. The highest BCUT2D eigenvalue weighted by atomic mass is 16.6. The van der Waals surface area contributed by atoms with Gasteiger partial charge in [0.1, 0.15) is 6.61 Å². The van der Waals surface area contributed by atoms with E-state index in [1.807, 2.05) is 6.92 Å². The lowest BCUT2D eigenvalue weighted by Crippen LogP contribution is -2.01. The number of allylic oxidation sites excluding steroid dienone is 1. The van der Waals surface area contributed by atoms with Gasteiger partial charge in [-0.05, 0) is 74.3 Å². The fourth-order valence-corrected chi connectivity index (χ4v) is 2.21. The van der Waals surface area contributed by atoms with Gasteiger partial charge in [-0.25, -0.2) is 0 Å². The molecule has 0 unspecified atom stereocenters. The number of oxime groups is 1. The van der Waals surface area contributed by atoms with Crippen molar-refractivity contribution in [2.24, 2.45) is 11.1 Å². The predicted molar refractivity (Wildman–Crippen MR) is 93.3 cm³/mol. The highest BCUT2D eigenvalue weighted by molar-refractivity contribution is 5.98. The molecule has 1 aliphatic rings. The third-order valence-electron chi connectivity index (χ3n) is 3.76. The van der Waals surface area contributed by atoms with Crippen LogP contribution in [0.15, 0.2) is 35.2 Å². The van der Waals surface area contributed by atoms with E-state index in [2.05, 4.69) is 37.2 Å². The molecule has 2 rings (SSSR count). The Bertz CT molecular complexity index is 542. The van der Waals surface area contributed by atoms with E-state index in [1.54, 1.807) is 13.4 Å². The van der Waals surface area contributed by atoms with Crippen LogP contribution in [-0.4, -0.2) is 19.4 Å². The summed E-state index contributed by atoms with van der Waals surface area (Å²) in [5.74, 6) is 0.733. The summed E-state index contributed by atoms with van der Waals surface area (Å²) in [6.45, 7) is 6.97. The lowest BCUT2D eigenvalue weighted by Gasteiger charge is -2.09. The van der Waals surface area contributed by atoms with Crippen LogP contribution in [-0.2, 0) is 16.0 Å². The first-order chi connectivity index (χ1) is 10.1. The van der Waals surface area contributed by atoms with Gasteiger partial charge in [-0.2, -0.15) is 0 Å². The Balaban J connectivity index is 0.00000242. The highest BCUT2D eigenvalue weighted by Crippen LogP contribution is 2.28. The van der Waals surface area contributed by atoms with Gasteiger partial charge in [0.25, 0.3) is 0 Å². The van der Waals surface area contributed by atoms with Gasteiger partial charge >= 0.3 is 0 Å². The topological polar surface area (TPSA) is 30.8 Å². The Morgan fingerprint density at radius 3 is 2.68 bits per heavy atom. The van der Waals surface area contributed by atoms with Crippen LogP contribution in [0.5, 0.6) is 0 Å². The smallest absolute Gasteiger partial charge is 0.120 e. The number of hydrogen-bond acceptors (Lipinski definition) is 3. The molecule has 0 radical (unpaired) electrons. The van der Waals surface area contributed by atoms with Crippen molar-refractivity contribution in [1.29, 1.82) is 0 Å².